The first-order valence-corrected chi connectivity index (χ1v) is 9.07. The fraction of sp³-hybridized carbons (Fsp3) is 0.368. The van der Waals surface area contributed by atoms with Crippen LogP contribution in [0.15, 0.2) is 40.8 Å². The quantitative estimate of drug-likeness (QED) is 0.813. The Labute approximate surface area is 157 Å². The third-order valence-corrected chi connectivity index (χ3v) is 4.69. The summed E-state index contributed by atoms with van der Waals surface area (Å²) in [5, 5.41) is 6.27. The van der Waals surface area contributed by atoms with Crippen LogP contribution in [-0.4, -0.2) is 42.4 Å². The van der Waals surface area contributed by atoms with Gasteiger partial charge in [0.2, 0.25) is 11.8 Å². The molecule has 6 nitrogen and oxygen atoms in total. The van der Waals surface area contributed by atoms with Gasteiger partial charge in [0.25, 0.3) is 0 Å². The number of hydrogen-bond acceptors (Lipinski definition) is 4. The molecule has 0 spiro atoms. The van der Waals surface area contributed by atoms with Gasteiger partial charge in [0.15, 0.2) is 0 Å². The molecule has 1 aromatic carbocycles. The number of carbonyl (C=O) groups excluding carboxylic acids is 2. The standard InChI is InChI=1S/C19H22ClN3O3/c1-2-23-9-8-21-19(25)16(23)11-18(24)22-12-15-6-7-17(26-15)13-4-3-5-14(20)10-13/h3-7,10,16H,2,8-9,11-12H2,1H3,(H,21,25)(H,22,24). The fourth-order valence-electron chi connectivity index (χ4n) is 3.07. The Balaban J connectivity index is 1.55. The molecule has 138 valence electrons. The number of rotatable bonds is 6. The highest BCUT2D eigenvalue weighted by molar-refractivity contribution is 6.30. The monoisotopic (exact) mass is 375 g/mol. The Kier molecular flexibility index (Phi) is 5.96. The molecule has 1 atom stereocenters. The summed E-state index contributed by atoms with van der Waals surface area (Å²) in [6.07, 6.45) is 0.140. The molecule has 1 saturated heterocycles. The van der Waals surface area contributed by atoms with Crippen molar-refractivity contribution in [3.8, 4) is 11.3 Å². The normalized spacial score (nSPS) is 17.8. The number of nitrogens with zero attached hydrogens (tertiary/aromatic N) is 1. The van der Waals surface area contributed by atoms with E-state index in [2.05, 4.69) is 10.6 Å². The molecule has 0 bridgehead atoms. The summed E-state index contributed by atoms with van der Waals surface area (Å²) >= 11 is 6.00. The third kappa shape index (κ3) is 4.45. The number of hydrogen-bond donors (Lipinski definition) is 2. The van der Waals surface area contributed by atoms with Crippen LogP contribution in [0.4, 0.5) is 0 Å². The molecule has 0 radical (unpaired) electrons. The smallest absolute Gasteiger partial charge is 0.237 e. The van der Waals surface area contributed by atoms with E-state index in [1.54, 1.807) is 6.07 Å². The Morgan fingerprint density at radius 2 is 2.23 bits per heavy atom. The van der Waals surface area contributed by atoms with Gasteiger partial charge in [-0.2, -0.15) is 0 Å². The molecule has 3 rings (SSSR count). The molecule has 2 amide bonds. The van der Waals surface area contributed by atoms with Crippen LogP contribution in [0.1, 0.15) is 19.1 Å². The predicted molar refractivity (Wildman–Crippen MR) is 99.7 cm³/mol. The maximum atomic E-state index is 12.2. The zero-order valence-electron chi connectivity index (χ0n) is 14.6. The van der Waals surface area contributed by atoms with Crippen LogP contribution < -0.4 is 10.6 Å². The minimum atomic E-state index is -0.410. The van der Waals surface area contributed by atoms with Gasteiger partial charge in [0.05, 0.1) is 19.0 Å². The number of amides is 2. The largest absolute Gasteiger partial charge is 0.459 e. The van der Waals surface area contributed by atoms with Gasteiger partial charge in [-0.25, -0.2) is 0 Å². The average Bonchev–Trinajstić information content (AvgIpc) is 3.11. The van der Waals surface area contributed by atoms with Crippen molar-refractivity contribution in [3.63, 3.8) is 0 Å². The highest BCUT2D eigenvalue weighted by atomic mass is 35.5. The average molecular weight is 376 g/mol. The summed E-state index contributed by atoms with van der Waals surface area (Å²) < 4.78 is 5.77. The second kappa shape index (κ2) is 8.38. The van der Waals surface area contributed by atoms with Crippen molar-refractivity contribution in [2.75, 3.05) is 19.6 Å². The lowest BCUT2D eigenvalue weighted by atomic mass is 10.1. The molecule has 7 heteroatoms. The molecule has 2 aromatic rings. The minimum absolute atomic E-state index is 0.0884. The first-order valence-electron chi connectivity index (χ1n) is 8.70. The summed E-state index contributed by atoms with van der Waals surface area (Å²) in [6, 6.07) is 10.7. The maximum Gasteiger partial charge on any atom is 0.237 e. The van der Waals surface area contributed by atoms with Crippen molar-refractivity contribution in [2.45, 2.75) is 25.9 Å². The second-order valence-corrected chi connectivity index (χ2v) is 6.63. The Morgan fingerprint density at radius 3 is 3.00 bits per heavy atom. The van der Waals surface area contributed by atoms with Crippen LogP contribution >= 0.6 is 11.6 Å². The van der Waals surface area contributed by atoms with E-state index in [1.165, 1.54) is 0 Å². The van der Waals surface area contributed by atoms with Crippen molar-refractivity contribution in [1.29, 1.82) is 0 Å². The third-order valence-electron chi connectivity index (χ3n) is 4.46. The van der Waals surface area contributed by atoms with Gasteiger partial charge in [0.1, 0.15) is 11.5 Å². The second-order valence-electron chi connectivity index (χ2n) is 6.19. The van der Waals surface area contributed by atoms with Gasteiger partial charge in [-0.1, -0.05) is 30.7 Å². The van der Waals surface area contributed by atoms with Gasteiger partial charge in [0, 0.05) is 23.7 Å². The molecule has 1 aromatic heterocycles. The van der Waals surface area contributed by atoms with Gasteiger partial charge in [-0.3, -0.25) is 14.5 Å². The summed E-state index contributed by atoms with van der Waals surface area (Å²) in [5.41, 5.74) is 0.882. The van der Waals surface area contributed by atoms with E-state index in [9.17, 15) is 9.59 Å². The topological polar surface area (TPSA) is 74.6 Å². The Bertz CT molecular complexity index is 790. The molecular weight excluding hydrogens is 354 g/mol. The van der Waals surface area contributed by atoms with E-state index in [0.717, 1.165) is 18.7 Å². The lowest BCUT2D eigenvalue weighted by molar-refractivity contribution is -0.133. The highest BCUT2D eigenvalue weighted by Gasteiger charge is 2.30. The van der Waals surface area contributed by atoms with E-state index in [-0.39, 0.29) is 24.8 Å². The van der Waals surface area contributed by atoms with Crippen LogP contribution in [0.5, 0.6) is 0 Å². The van der Waals surface area contributed by atoms with Gasteiger partial charge >= 0.3 is 0 Å². The van der Waals surface area contributed by atoms with Crippen molar-refractivity contribution in [2.24, 2.45) is 0 Å². The molecular formula is C19H22ClN3O3. The van der Waals surface area contributed by atoms with Gasteiger partial charge in [-0.05, 0) is 30.8 Å². The molecule has 0 saturated carbocycles. The predicted octanol–water partition coefficient (Wildman–Crippen LogP) is 2.43. The van der Waals surface area contributed by atoms with Crippen molar-refractivity contribution >= 4 is 23.4 Å². The summed E-state index contributed by atoms with van der Waals surface area (Å²) in [7, 11) is 0. The molecule has 2 heterocycles. The molecule has 26 heavy (non-hydrogen) atoms. The van der Waals surface area contributed by atoms with Gasteiger partial charge in [-0.15, -0.1) is 0 Å². The van der Waals surface area contributed by atoms with Crippen LogP contribution in [0.25, 0.3) is 11.3 Å². The van der Waals surface area contributed by atoms with E-state index >= 15 is 0 Å². The number of likely N-dealkylation sites (N-methyl/N-ethyl adjacent to an activating group) is 1. The zero-order valence-corrected chi connectivity index (χ0v) is 15.4. The van der Waals surface area contributed by atoms with E-state index in [4.69, 9.17) is 16.0 Å². The number of furan rings is 1. The lowest BCUT2D eigenvalue weighted by Crippen LogP contribution is -2.56. The number of benzene rings is 1. The zero-order chi connectivity index (χ0) is 18.5. The summed E-state index contributed by atoms with van der Waals surface area (Å²) in [6.45, 7) is 4.40. The van der Waals surface area contributed by atoms with Crippen LogP contribution in [0.3, 0.4) is 0 Å². The molecule has 1 aliphatic rings. The number of halogens is 1. The van der Waals surface area contributed by atoms with E-state index < -0.39 is 6.04 Å². The first kappa shape index (κ1) is 18.5. The minimum Gasteiger partial charge on any atom is -0.459 e. The van der Waals surface area contributed by atoms with Crippen LogP contribution in [0, 0.1) is 0 Å². The van der Waals surface area contributed by atoms with Crippen molar-refractivity contribution < 1.29 is 14.0 Å². The number of carbonyl (C=O) groups is 2. The maximum absolute atomic E-state index is 12.2. The Hall–Kier alpha value is -2.31. The van der Waals surface area contributed by atoms with Crippen LogP contribution in [-0.2, 0) is 16.1 Å². The fourth-order valence-corrected chi connectivity index (χ4v) is 3.26. The van der Waals surface area contributed by atoms with Crippen molar-refractivity contribution in [3.05, 3.63) is 47.2 Å². The molecule has 0 aliphatic carbocycles. The SMILES string of the molecule is CCN1CCNC(=O)C1CC(=O)NCc1ccc(-c2cccc(Cl)c2)o1. The van der Waals surface area contributed by atoms with E-state index in [0.29, 0.717) is 23.1 Å². The van der Waals surface area contributed by atoms with Gasteiger partial charge < -0.3 is 15.1 Å². The Morgan fingerprint density at radius 1 is 1.38 bits per heavy atom. The van der Waals surface area contributed by atoms with Crippen molar-refractivity contribution in [1.82, 2.24) is 15.5 Å². The molecule has 1 aliphatic heterocycles. The molecule has 1 fully saturated rings. The summed E-state index contributed by atoms with van der Waals surface area (Å²) in [5.74, 6) is 1.08. The van der Waals surface area contributed by atoms with E-state index in [1.807, 2.05) is 42.2 Å². The summed E-state index contributed by atoms with van der Waals surface area (Å²) in [4.78, 5) is 26.3. The number of nitrogens with one attached hydrogen (secondary N) is 2. The lowest BCUT2D eigenvalue weighted by Gasteiger charge is -2.33. The van der Waals surface area contributed by atoms with Crippen LogP contribution in [0.2, 0.25) is 5.02 Å². The molecule has 1 unspecified atom stereocenters. The first-order chi connectivity index (χ1) is 12.6. The number of piperazine rings is 1. The molecule has 2 N–H and O–H groups in total. The highest BCUT2D eigenvalue weighted by Crippen LogP contribution is 2.24.